The lowest BCUT2D eigenvalue weighted by atomic mass is 10.1. The fourth-order valence-corrected chi connectivity index (χ4v) is 2.14. The molecule has 1 atom stereocenters. The first-order chi connectivity index (χ1) is 10.5. The summed E-state index contributed by atoms with van der Waals surface area (Å²) < 4.78 is 1.15. The molecule has 0 aliphatic carbocycles. The van der Waals surface area contributed by atoms with Crippen molar-refractivity contribution in [3.63, 3.8) is 0 Å². The summed E-state index contributed by atoms with van der Waals surface area (Å²) in [6.45, 7) is 0.668. The molecule has 1 amide bonds. The van der Waals surface area contributed by atoms with Crippen LogP contribution in [-0.4, -0.2) is 41.2 Å². The van der Waals surface area contributed by atoms with Gasteiger partial charge in [0.2, 0.25) is 0 Å². The molecule has 1 heterocycles. The number of amides is 1. The molecule has 0 aliphatic rings. The summed E-state index contributed by atoms with van der Waals surface area (Å²) in [7, 11) is 5.42. The standard InChI is InChI=1S/C16H20N4O2/c1-19(2)11-14(12-7-5-4-6-8-12)17-16(22)13-9-10-15(21)20(3)18-13/h4-10,14H,11H2,1-3H3,(H,17,22). The topological polar surface area (TPSA) is 67.2 Å². The Balaban J connectivity index is 2.21. The number of rotatable bonds is 5. The monoisotopic (exact) mass is 300 g/mol. The first kappa shape index (κ1) is 15.9. The first-order valence-electron chi connectivity index (χ1n) is 7.02. The van der Waals surface area contributed by atoms with Crippen LogP contribution in [0.15, 0.2) is 47.3 Å². The highest BCUT2D eigenvalue weighted by Gasteiger charge is 2.17. The molecule has 0 saturated heterocycles. The van der Waals surface area contributed by atoms with E-state index in [9.17, 15) is 9.59 Å². The molecule has 0 bridgehead atoms. The van der Waals surface area contributed by atoms with E-state index in [1.807, 2.05) is 49.3 Å². The van der Waals surface area contributed by atoms with E-state index in [0.717, 1.165) is 10.2 Å². The number of hydrogen-bond acceptors (Lipinski definition) is 4. The van der Waals surface area contributed by atoms with Crippen molar-refractivity contribution in [2.45, 2.75) is 6.04 Å². The normalized spacial score (nSPS) is 12.2. The molecular formula is C16H20N4O2. The zero-order valence-corrected chi connectivity index (χ0v) is 13.0. The minimum absolute atomic E-state index is 0.150. The van der Waals surface area contributed by atoms with Crippen LogP contribution in [0, 0.1) is 0 Å². The van der Waals surface area contributed by atoms with Gasteiger partial charge in [-0.1, -0.05) is 30.3 Å². The SMILES string of the molecule is CN(C)CC(NC(=O)c1ccc(=O)n(C)n1)c1ccccc1. The van der Waals surface area contributed by atoms with Crippen LogP contribution < -0.4 is 10.9 Å². The Morgan fingerprint density at radius 3 is 2.50 bits per heavy atom. The minimum atomic E-state index is -0.300. The maximum Gasteiger partial charge on any atom is 0.272 e. The number of likely N-dealkylation sites (N-methyl/N-ethyl adjacent to an activating group) is 1. The Morgan fingerprint density at radius 2 is 1.91 bits per heavy atom. The number of aryl methyl sites for hydroxylation is 1. The van der Waals surface area contributed by atoms with E-state index in [0.29, 0.717) is 6.54 Å². The van der Waals surface area contributed by atoms with Crippen LogP contribution in [0.3, 0.4) is 0 Å². The van der Waals surface area contributed by atoms with Gasteiger partial charge in [-0.2, -0.15) is 5.10 Å². The Kier molecular flexibility index (Phi) is 5.06. The van der Waals surface area contributed by atoms with Crippen LogP contribution in [0.5, 0.6) is 0 Å². The molecule has 0 spiro atoms. The summed E-state index contributed by atoms with van der Waals surface area (Å²) in [4.78, 5) is 25.7. The fourth-order valence-electron chi connectivity index (χ4n) is 2.14. The number of aromatic nitrogens is 2. The zero-order chi connectivity index (χ0) is 16.1. The molecule has 2 rings (SSSR count). The molecule has 0 aliphatic heterocycles. The summed E-state index contributed by atoms with van der Waals surface area (Å²) in [5, 5.41) is 6.95. The Labute approximate surface area is 129 Å². The lowest BCUT2D eigenvalue weighted by Crippen LogP contribution is -2.36. The molecule has 2 aromatic rings. The lowest BCUT2D eigenvalue weighted by molar-refractivity contribution is 0.0922. The van der Waals surface area contributed by atoms with E-state index in [2.05, 4.69) is 10.4 Å². The Hall–Kier alpha value is -2.47. The van der Waals surface area contributed by atoms with Crippen LogP contribution in [0.1, 0.15) is 22.1 Å². The van der Waals surface area contributed by atoms with Crippen molar-refractivity contribution in [2.24, 2.45) is 7.05 Å². The maximum absolute atomic E-state index is 12.4. The highest BCUT2D eigenvalue weighted by molar-refractivity contribution is 5.92. The summed E-state index contributed by atoms with van der Waals surface area (Å²) in [5.74, 6) is -0.300. The Morgan fingerprint density at radius 1 is 1.23 bits per heavy atom. The summed E-state index contributed by atoms with van der Waals surface area (Å²) in [6.07, 6.45) is 0. The van der Waals surface area contributed by atoms with Crippen molar-refractivity contribution in [3.8, 4) is 0 Å². The second kappa shape index (κ2) is 7.00. The van der Waals surface area contributed by atoms with Gasteiger partial charge >= 0.3 is 0 Å². The molecule has 0 fully saturated rings. The van der Waals surface area contributed by atoms with Gasteiger partial charge in [-0.25, -0.2) is 4.68 Å². The van der Waals surface area contributed by atoms with Crippen LogP contribution in [0.2, 0.25) is 0 Å². The summed E-state index contributed by atoms with van der Waals surface area (Å²) in [6, 6.07) is 12.4. The van der Waals surface area contributed by atoms with Gasteiger partial charge in [-0.3, -0.25) is 9.59 Å². The van der Waals surface area contributed by atoms with E-state index < -0.39 is 0 Å². The molecule has 1 unspecified atom stereocenters. The largest absolute Gasteiger partial charge is 0.343 e. The fraction of sp³-hybridized carbons (Fsp3) is 0.312. The third-order valence-electron chi connectivity index (χ3n) is 3.25. The number of carbonyl (C=O) groups excluding carboxylic acids is 1. The first-order valence-corrected chi connectivity index (χ1v) is 7.02. The van der Waals surface area contributed by atoms with Gasteiger partial charge in [0.25, 0.3) is 11.5 Å². The van der Waals surface area contributed by atoms with Crippen molar-refractivity contribution in [3.05, 3.63) is 64.1 Å². The number of benzene rings is 1. The smallest absolute Gasteiger partial charge is 0.272 e. The van der Waals surface area contributed by atoms with Gasteiger partial charge in [0, 0.05) is 19.7 Å². The van der Waals surface area contributed by atoms with E-state index in [1.54, 1.807) is 0 Å². The second-order valence-electron chi connectivity index (χ2n) is 5.38. The van der Waals surface area contributed by atoms with E-state index >= 15 is 0 Å². The van der Waals surface area contributed by atoms with E-state index in [1.165, 1.54) is 19.2 Å². The molecule has 1 N–H and O–H groups in total. The number of nitrogens with one attached hydrogen (secondary N) is 1. The minimum Gasteiger partial charge on any atom is -0.343 e. The summed E-state index contributed by atoms with van der Waals surface area (Å²) >= 11 is 0. The summed E-state index contributed by atoms with van der Waals surface area (Å²) in [5.41, 5.74) is 1.00. The zero-order valence-electron chi connectivity index (χ0n) is 13.0. The van der Waals surface area contributed by atoms with Crippen molar-refractivity contribution in [2.75, 3.05) is 20.6 Å². The van der Waals surface area contributed by atoms with Crippen LogP contribution in [0.4, 0.5) is 0 Å². The van der Waals surface area contributed by atoms with Crippen molar-refractivity contribution in [1.29, 1.82) is 0 Å². The third kappa shape index (κ3) is 4.02. The van der Waals surface area contributed by atoms with E-state index in [4.69, 9.17) is 0 Å². The van der Waals surface area contributed by atoms with Gasteiger partial charge in [0.05, 0.1) is 6.04 Å². The highest BCUT2D eigenvalue weighted by atomic mass is 16.2. The third-order valence-corrected chi connectivity index (χ3v) is 3.25. The maximum atomic E-state index is 12.4. The molecule has 6 heteroatoms. The predicted molar refractivity (Wildman–Crippen MR) is 84.7 cm³/mol. The van der Waals surface area contributed by atoms with Crippen LogP contribution in [-0.2, 0) is 7.05 Å². The number of hydrogen-bond donors (Lipinski definition) is 1. The van der Waals surface area contributed by atoms with Crippen molar-refractivity contribution in [1.82, 2.24) is 20.0 Å². The van der Waals surface area contributed by atoms with Gasteiger partial charge < -0.3 is 10.2 Å². The molecule has 6 nitrogen and oxygen atoms in total. The van der Waals surface area contributed by atoms with E-state index in [-0.39, 0.29) is 23.2 Å². The quantitative estimate of drug-likeness (QED) is 0.887. The molecule has 116 valence electrons. The number of nitrogens with zero attached hydrogens (tertiary/aromatic N) is 3. The average molecular weight is 300 g/mol. The lowest BCUT2D eigenvalue weighted by Gasteiger charge is -2.22. The molecule has 0 saturated carbocycles. The highest BCUT2D eigenvalue weighted by Crippen LogP contribution is 2.13. The molecular weight excluding hydrogens is 280 g/mol. The Bertz CT molecular complexity index is 695. The van der Waals surface area contributed by atoms with Gasteiger partial charge in [-0.15, -0.1) is 0 Å². The van der Waals surface area contributed by atoms with Crippen molar-refractivity contribution < 1.29 is 4.79 Å². The van der Waals surface area contributed by atoms with Gasteiger partial charge in [0.1, 0.15) is 5.69 Å². The number of carbonyl (C=O) groups is 1. The molecule has 22 heavy (non-hydrogen) atoms. The molecule has 0 radical (unpaired) electrons. The molecule has 1 aromatic carbocycles. The second-order valence-corrected chi connectivity index (χ2v) is 5.38. The average Bonchev–Trinajstić information content (AvgIpc) is 2.49. The van der Waals surface area contributed by atoms with Gasteiger partial charge in [-0.05, 0) is 25.7 Å². The predicted octanol–water partition coefficient (Wildman–Crippen LogP) is 0.813. The molecule has 1 aromatic heterocycles. The van der Waals surface area contributed by atoms with Gasteiger partial charge in [0.15, 0.2) is 0 Å². The van der Waals surface area contributed by atoms with Crippen LogP contribution >= 0.6 is 0 Å². The van der Waals surface area contributed by atoms with Crippen LogP contribution in [0.25, 0.3) is 0 Å². The van der Waals surface area contributed by atoms with Crippen molar-refractivity contribution >= 4 is 5.91 Å².